The molecule has 0 saturated carbocycles. The predicted octanol–water partition coefficient (Wildman–Crippen LogP) is 3.72. The number of aliphatic hydroxyl groups excluding tert-OH is 1. The largest absolute Gasteiger partial charge is 0.496 e. The molecule has 9 heteroatoms. The topological polar surface area (TPSA) is 112 Å². The van der Waals surface area contributed by atoms with Crippen LogP contribution in [0.2, 0.25) is 0 Å². The van der Waals surface area contributed by atoms with Crippen LogP contribution in [0.5, 0.6) is 11.5 Å². The Morgan fingerprint density at radius 1 is 1.17 bits per heavy atom. The van der Waals surface area contributed by atoms with Gasteiger partial charge in [0.05, 0.1) is 23.3 Å². The summed E-state index contributed by atoms with van der Waals surface area (Å²) in [6, 6.07) is 15.8. The molecule has 36 heavy (non-hydrogen) atoms. The van der Waals surface area contributed by atoms with Crippen molar-refractivity contribution in [2.75, 3.05) is 33.4 Å². The molecule has 0 aliphatic carbocycles. The van der Waals surface area contributed by atoms with Crippen molar-refractivity contribution >= 4 is 11.9 Å². The number of hydrogen-bond donors (Lipinski definition) is 3. The fraction of sp³-hybridized carbons (Fsp3) is 0.370. The predicted molar refractivity (Wildman–Crippen MR) is 140 cm³/mol. The van der Waals surface area contributed by atoms with Crippen LogP contribution in [-0.4, -0.2) is 54.5 Å². The van der Waals surface area contributed by atoms with Crippen molar-refractivity contribution in [1.29, 1.82) is 5.26 Å². The molecule has 0 spiro atoms. The van der Waals surface area contributed by atoms with Crippen molar-refractivity contribution in [3.63, 3.8) is 0 Å². The molecule has 1 fully saturated rings. The van der Waals surface area contributed by atoms with Gasteiger partial charge in [-0.2, -0.15) is 5.26 Å². The molecule has 0 amide bonds. The molecule has 1 aliphatic heterocycles. The molecule has 1 saturated heterocycles. The van der Waals surface area contributed by atoms with E-state index in [9.17, 15) is 5.26 Å². The minimum absolute atomic E-state index is 0.132. The average Bonchev–Trinajstić information content (AvgIpc) is 2.92. The summed E-state index contributed by atoms with van der Waals surface area (Å²) in [6.45, 7) is 2.74. The van der Waals surface area contributed by atoms with Gasteiger partial charge in [0.25, 0.3) is 0 Å². The average molecular weight is 506 g/mol. The van der Waals surface area contributed by atoms with E-state index in [-0.39, 0.29) is 12.7 Å². The lowest BCUT2D eigenvalue weighted by Gasteiger charge is -2.24. The molecular weight excluding hydrogens is 474 g/mol. The first-order chi connectivity index (χ1) is 17.7. The van der Waals surface area contributed by atoms with Crippen LogP contribution in [0, 0.1) is 11.3 Å². The second-order valence-electron chi connectivity index (χ2n) is 8.48. The van der Waals surface area contributed by atoms with Crippen molar-refractivity contribution in [3.05, 3.63) is 65.6 Å². The zero-order chi connectivity index (χ0) is 25.2. The van der Waals surface area contributed by atoms with Gasteiger partial charge in [-0.15, -0.1) is 0 Å². The number of nitriles is 1. The molecule has 0 atom stereocenters. The number of hydrogen-bond acceptors (Lipinski definition) is 9. The number of nitrogens with one attached hydrogen (secondary N) is 2. The number of methoxy groups -OCH3 is 1. The van der Waals surface area contributed by atoms with E-state index in [4.69, 9.17) is 19.6 Å². The summed E-state index contributed by atoms with van der Waals surface area (Å²) in [5.41, 5.74) is 3.16. The molecule has 1 aliphatic rings. The van der Waals surface area contributed by atoms with E-state index in [2.05, 4.69) is 21.1 Å². The molecule has 0 bridgehead atoms. The minimum Gasteiger partial charge on any atom is -0.496 e. The first-order valence-electron chi connectivity index (χ1n) is 12.1. The SMILES string of the molecule is COc1cc(Cc2nccc(-c3ccc(OC4CCNCC4)c(C#N)c3)n2)ccc1SNCCCO. The summed E-state index contributed by atoms with van der Waals surface area (Å²) < 4.78 is 14.9. The van der Waals surface area contributed by atoms with Crippen LogP contribution in [0.1, 0.15) is 36.2 Å². The fourth-order valence-electron chi connectivity index (χ4n) is 3.99. The zero-order valence-corrected chi connectivity index (χ0v) is 21.2. The Balaban J connectivity index is 1.47. The van der Waals surface area contributed by atoms with Crippen LogP contribution >= 0.6 is 11.9 Å². The van der Waals surface area contributed by atoms with E-state index in [1.807, 2.05) is 42.5 Å². The maximum Gasteiger partial charge on any atom is 0.137 e. The normalized spacial score (nSPS) is 13.8. The third-order valence-corrected chi connectivity index (χ3v) is 6.80. The quantitative estimate of drug-likeness (QED) is 0.265. The van der Waals surface area contributed by atoms with Crippen LogP contribution in [0.3, 0.4) is 0 Å². The number of piperidine rings is 1. The van der Waals surface area contributed by atoms with Crippen molar-refractivity contribution in [2.24, 2.45) is 0 Å². The molecule has 2 heterocycles. The summed E-state index contributed by atoms with van der Waals surface area (Å²) >= 11 is 1.48. The monoisotopic (exact) mass is 505 g/mol. The Hall–Kier alpha value is -3.16. The standard InChI is InChI=1S/C27H31N5O3S/c1-34-25-15-19(3-6-26(25)36-31-10-2-14-33)16-27-30-13-9-23(32-27)20-4-5-24(21(17-20)18-28)35-22-7-11-29-12-8-22/h3-6,9,13,15,17,22,29,31,33H,2,7-8,10-12,14,16H2,1H3. The highest BCUT2D eigenvalue weighted by Crippen LogP contribution is 2.30. The maximum atomic E-state index is 9.72. The number of benzene rings is 2. The summed E-state index contributed by atoms with van der Waals surface area (Å²) in [4.78, 5) is 10.2. The van der Waals surface area contributed by atoms with Gasteiger partial charge in [0.15, 0.2) is 0 Å². The smallest absolute Gasteiger partial charge is 0.137 e. The Kier molecular flexibility index (Phi) is 9.53. The number of aromatic nitrogens is 2. The first-order valence-corrected chi connectivity index (χ1v) is 12.9. The Bertz CT molecular complexity index is 1190. The number of ether oxygens (including phenoxy) is 2. The molecule has 4 rings (SSSR count). The zero-order valence-electron chi connectivity index (χ0n) is 20.4. The van der Waals surface area contributed by atoms with Crippen LogP contribution in [0.15, 0.2) is 53.6 Å². The Morgan fingerprint density at radius 2 is 2.03 bits per heavy atom. The number of rotatable bonds is 11. The molecule has 3 aromatic rings. The minimum atomic E-state index is 0.132. The molecule has 8 nitrogen and oxygen atoms in total. The van der Waals surface area contributed by atoms with Crippen LogP contribution in [0.4, 0.5) is 0 Å². The van der Waals surface area contributed by atoms with Gasteiger partial charge in [-0.25, -0.2) is 9.97 Å². The van der Waals surface area contributed by atoms with Gasteiger partial charge in [-0.1, -0.05) is 6.07 Å². The highest BCUT2D eigenvalue weighted by molar-refractivity contribution is 7.97. The van der Waals surface area contributed by atoms with Gasteiger partial charge < -0.3 is 19.9 Å². The summed E-state index contributed by atoms with van der Waals surface area (Å²) in [6.07, 6.45) is 5.00. The van der Waals surface area contributed by atoms with E-state index in [0.29, 0.717) is 36.5 Å². The first kappa shape index (κ1) is 25.9. The van der Waals surface area contributed by atoms with Gasteiger partial charge in [-0.3, -0.25) is 4.72 Å². The number of aliphatic hydroxyl groups is 1. The Morgan fingerprint density at radius 3 is 2.81 bits per heavy atom. The van der Waals surface area contributed by atoms with Crippen molar-refractivity contribution in [1.82, 2.24) is 20.0 Å². The van der Waals surface area contributed by atoms with Crippen molar-refractivity contribution in [2.45, 2.75) is 36.7 Å². The van der Waals surface area contributed by atoms with Gasteiger partial charge in [0.2, 0.25) is 0 Å². The molecule has 0 unspecified atom stereocenters. The lowest BCUT2D eigenvalue weighted by molar-refractivity contribution is 0.162. The summed E-state index contributed by atoms with van der Waals surface area (Å²) in [5, 5.41) is 22.0. The molecule has 0 radical (unpaired) electrons. The van der Waals surface area contributed by atoms with Gasteiger partial charge >= 0.3 is 0 Å². The summed E-state index contributed by atoms with van der Waals surface area (Å²) in [7, 11) is 1.65. The maximum absolute atomic E-state index is 9.72. The number of nitrogens with zero attached hydrogens (tertiary/aromatic N) is 3. The molecular formula is C27H31N5O3S. The second-order valence-corrected chi connectivity index (χ2v) is 9.42. The van der Waals surface area contributed by atoms with E-state index < -0.39 is 0 Å². The summed E-state index contributed by atoms with van der Waals surface area (Å²) in [5.74, 6) is 2.08. The van der Waals surface area contributed by atoms with Gasteiger partial charge in [0.1, 0.15) is 29.5 Å². The Labute approximate surface area is 216 Å². The molecule has 1 aromatic heterocycles. The lowest BCUT2D eigenvalue weighted by atomic mass is 10.1. The van der Waals surface area contributed by atoms with Crippen LogP contribution in [-0.2, 0) is 6.42 Å². The fourth-order valence-corrected chi connectivity index (χ4v) is 4.77. The molecule has 3 N–H and O–H groups in total. The van der Waals surface area contributed by atoms with Gasteiger partial charge in [0, 0.05) is 31.3 Å². The molecule has 188 valence electrons. The second kappa shape index (κ2) is 13.2. The third kappa shape index (κ3) is 6.95. The van der Waals surface area contributed by atoms with Crippen molar-refractivity contribution in [3.8, 4) is 28.8 Å². The van der Waals surface area contributed by atoms with E-state index in [1.165, 1.54) is 11.9 Å². The highest BCUT2D eigenvalue weighted by atomic mass is 32.2. The van der Waals surface area contributed by atoms with E-state index in [1.54, 1.807) is 13.3 Å². The highest BCUT2D eigenvalue weighted by Gasteiger charge is 2.17. The lowest BCUT2D eigenvalue weighted by Crippen LogP contribution is -2.34. The molecule has 2 aromatic carbocycles. The van der Waals surface area contributed by atoms with Gasteiger partial charge in [-0.05, 0) is 86.3 Å². The van der Waals surface area contributed by atoms with Crippen LogP contribution in [0.25, 0.3) is 11.3 Å². The van der Waals surface area contributed by atoms with Crippen LogP contribution < -0.4 is 19.5 Å². The van der Waals surface area contributed by atoms with E-state index in [0.717, 1.165) is 53.4 Å². The van der Waals surface area contributed by atoms with Crippen molar-refractivity contribution < 1.29 is 14.6 Å². The van der Waals surface area contributed by atoms with E-state index >= 15 is 0 Å². The third-order valence-electron chi connectivity index (χ3n) is 5.89.